The molecule has 1 aliphatic rings. The van der Waals surface area contributed by atoms with E-state index in [1.807, 2.05) is 0 Å². The van der Waals surface area contributed by atoms with E-state index in [2.05, 4.69) is 29.1 Å². The molecular formula is C12H26N4. The summed E-state index contributed by atoms with van der Waals surface area (Å²) in [5.74, 6) is 1.49. The van der Waals surface area contributed by atoms with E-state index in [-0.39, 0.29) is 0 Å². The molecule has 3 N–H and O–H groups in total. The molecule has 1 aliphatic heterocycles. The van der Waals surface area contributed by atoms with Crippen molar-refractivity contribution in [3.8, 4) is 0 Å². The number of guanidine groups is 1. The fraction of sp³-hybridized carbons (Fsp3) is 0.917. The SMILES string of the molecule is CCCN=C(N)NCCN1CCC(C)CC1. The molecule has 0 aliphatic carbocycles. The lowest BCUT2D eigenvalue weighted by Crippen LogP contribution is -2.41. The second-order valence-corrected chi connectivity index (χ2v) is 4.72. The fourth-order valence-electron chi connectivity index (χ4n) is 1.92. The zero-order chi connectivity index (χ0) is 11.8. The molecule has 0 atom stereocenters. The Balaban J connectivity index is 2.06. The van der Waals surface area contributed by atoms with Crippen LogP contribution >= 0.6 is 0 Å². The van der Waals surface area contributed by atoms with E-state index in [4.69, 9.17) is 5.73 Å². The Labute approximate surface area is 99.3 Å². The van der Waals surface area contributed by atoms with Crippen LogP contribution < -0.4 is 11.1 Å². The van der Waals surface area contributed by atoms with Crippen LogP contribution in [0.3, 0.4) is 0 Å². The Morgan fingerprint density at radius 2 is 2.12 bits per heavy atom. The Hall–Kier alpha value is -0.770. The number of piperidine rings is 1. The van der Waals surface area contributed by atoms with Gasteiger partial charge in [0.2, 0.25) is 0 Å². The van der Waals surface area contributed by atoms with Crippen LogP contribution in [0.5, 0.6) is 0 Å². The first kappa shape index (κ1) is 13.3. The zero-order valence-electron chi connectivity index (χ0n) is 10.7. The third kappa shape index (κ3) is 5.35. The maximum atomic E-state index is 5.72. The minimum Gasteiger partial charge on any atom is -0.370 e. The summed E-state index contributed by atoms with van der Waals surface area (Å²) in [6, 6.07) is 0. The lowest BCUT2D eigenvalue weighted by atomic mass is 9.99. The van der Waals surface area contributed by atoms with Gasteiger partial charge in [-0.2, -0.15) is 0 Å². The first-order valence-electron chi connectivity index (χ1n) is 6.48. The average Bonchev–Trinajstić information content (AvgIpc) is 2.29. The van der Waals surface area contributed by atoms with E-state index in [0.717, 1.165) is 32.0 Å². The number of nitrogens with zero attached hydrogens (tertiary/aromatic N) is 2. The van der Waals surface area contributed by atoms with Crippen molar-refractivity contribution in [2.75, 3.05) is 32.7 Å². The van der Waals surface area contributed by atoms with Crippen LogP contribution in [0, 0.1) is 5.92 Å². The molecule has 4 nitrogen and oxygen atoms in total. The van der Waals surface area contributed by atoms with Gasteiger partial charge in [0.1, 0.15) is 0 Å². The zero-order valence-corrected chi connectivity index (χ0v) is 10.7. The molecule has 0 amide bonds. The Morgan fingerprint density at radius 3 is 2.75 bits per heavy atom. The molecule has 0 aromatic carbocycles. The van der Waals surface area contributed by atoms with Crippen molar-refractivity contribution in [1.29, 1.82) is 0 Å². The lowest BCUT2D eigenvalue weighted by Gasteiger charge is -2.30. The van der Waals surface area contributed by atoms with Crippen LogP contribution in [0.4, 0.5) is 0 Å². The van der Waals surface area contributed by atoms with Crippen LogP contribution in [0.1, 0.15) is 33.1 Å². The van der Waals surface area contributed by atoms with Gasteiger partial charge in [-0.05, 0) is 38.3 Å². The average molecular weight is 226 g/mol. The molecule has 0 aromatic heterocycles. The topological polar surface area (TPSA) is 53.6 Å². The monoisotopic (exact) mass is 226 g/mol. The first-order valence-corrected chi connectivity index (χ1v) is 6.48. The summed E-state index contributed by atoms with van der Waals surface area (Å²) < 4.78 is 0. The highest BCUT2D eigenvalue weighted by atomic mass is 15.2. The molecular weight excluding hydrogens is 200 g/mol. The van der Waals surface area contributed by atoms with Gasteiger partial charge in [0.15, 0.2) is 5.96 Å². The Bertz CT molecular complexity index is 207. The quantitative estimate of drug-likeness (QED) is 0.544. The number of likely N-dealkylation sites (tertiary alicyclic amines) is 1. The van der Waals surface area contributed by atoms with Gasteiger partial charge in [-0.15, -0.1) is 0 Å². The second-order valence-electron chi connectivity index (χ2n) is 4.72. The van der Waals surface area contributed by atoms with Crippen molar-refractivity contribution >= 4 is 5.96 Å². The number of nitrogens with one attached hydrogen (secondary N) is 1. The fourth-order valence-corrected chi connectivity index (χ4v) is 1.92. The summed E-state index contributed by atoms with van der Waals surface area (Å²) >= 11 is 0. The Morgan fingerprint density at radius 1 is 1.44 bits per heavy atom. The van der Waals surface area contributed by atoms with Crippen molar-refractivity contribution in [2.24, 2.45) is 16.6 Å². The largest absolute Gasteiger partial charge is 0.370 e. The van der Waals surface area contributed by atoms with Crippen LogP contribution in [-0.2, 0) is 0 Å². The third-order valence-corrected chi connectivity index (χ3v) is 3.12. The minimum atomic E-state index is 0.590. The second kappa shape index (κ2) is 7.49. The summed E-state index contributed by atoms with van der Waals surface area (Å²) in [7, 11) is 0. The van der Waals surface area contributed by atoms with E-state index in [0.29, 0.717) is 5.96 Å². The van der Waals surface area contributed by atoms with E-state index in [9.17, 15) is 0 Å². The van der Waals surface area contributed by atoms with Gasteiger partial charge < -0.3 is 16.0 Å². The first-order chi connectivity index (χ1) is 7.72. The Kier molecular flexibility index (Phi) is 6.23. The summed E-state index contributed by atoms with van der Waals surface area (Å²) in [4.78, 5) is 6.70. The molecule has 0 spiro atoms. The molecule has 4 heteroatoms. The molecule has 16 heavy (non-hydrogen) atoms. The van der Waals surface area contributed by atoms with Crippen LogP contribution in [-0.4, -0.2) is 43.6 Å². The number of hydrogen-bond donors (Lipinski definition) is 2. The van der Waals surface area contributed by atoms with Crippen LogP contribution in [0.2, 0.25) is 0 Å². The van der Waals surface area contributed by atoms with Crippen LogP contribution in [0.25, 0.3) is 0 Å². The maximum absolute atomic E-state index is 5.72. The highest BCUT2D eigenvalue weighted by Gasteiger charge is 2.14. The number of rotatable bonds is 5. The van der Waals surface area contributed by atoms with Gasteiger partial charge in [0.25, 0.3) is 0 Å². The molecule has 1 saturated heterocycles. The summed E-state index contributed by atoms with van der Waals surface area (Å²) in [5.41, 5.74) is 5.72. The maximum Gasteiger partial charge on any atom is 0.188 e. The van der Waals surface area contributed by atoms with E-state index in [1.165, 1.54) is 25.9 Å². The van der Waals surface area contributed by atoms with E-state index < -0.39 is 0 Å². The van der Waals surface area contributed by atoms with Gasteiger partial charge in [0, 0.05) is 19.6 Å². The normalized spacial score (nSPS) is 20.0. The number of hydrogen-bond acceptors (Lipinski definition) is 2. The highest BCUT2D eigenvalue weighted by molar-refractivity contribution is 5.77. The lowest BCUT2D eigenvalue weighted by molar-refractivity contribution is 0.195. The van der Waals surface area contributed by atoms with Gasteiger partial charge in [-0.3, -0.25) is 4.99 Å². The predicted octanol–water partition coefficient (Wildman–Crippen LogP) is 1.03. The predicted molar refractivity (Wildman–Crippen MR) is 69.6 cm³/mol. The molecule has 94 valence electrons. The highest BCUT2D eigenvalue weighted by Crippen LogP contribution is 2.14. The van der Waals surface area contributed by atoms with Crippen molar-refractivity contribution in [2.45, 2.75) is 33.1 Å². The molecule has 0 aromatic rings. The van der Waals surface area contributed by atoms with Gasteiger partial charge in [-0.25, -0.2) is 0 Å². The third-order valence-electron chi connectivity index (χ3n) is 3.12. The van der Waals surface area contributed by atoms with E-state index >= 15 is 0 Å². The minimum absolute atomic E-state index is 0.590. The van der Waals surface area contributed by atoms with Crippen molar-refractivity contribution in [3.05, 3.63) is 0 Å². The molecule has 0 radical (unpaired) electrons. The number of nitrogens with two attached hydrogens (primary N) is 1. The summed E-state index contributed by atoms with van der Waals surface area (Å²) in [5, 5.41) is 3.16. The van der Waals surface area contributed by atoms with Crippen molar-refractivity contribution in [3.63, 3.8) is 0 Å². The molecule has 0 saturated carbocycles. The molecule has 0 unspecified atom stereocenters. The van der Waals surface area contributed by atoms with E-state index in [1.54, 1.807) is 0 Å². The molecule has 1 fully saturated rings. The van der Waals surface area contributed by atoms with Crippen molar-refractivity contribution in [1.82, 2.24) is 10.2 Å². The van der Waals surface area contributed by atoms with Crippen molar-refractivity contribution < 1.29 is 0 Å². The molecule has 1 rings (SSSR count). The smallest absolute Gasteiger partial charge is 0.188 e. The summed E-state index contributed by atoms with van der Waals surface area (Å²) in [6.07, 6.45) is 3.71. The van der Waals surface area contributed by atoms with Gasteiger partial charge >= 0.3 is 0 Å². The van der Waals surface area contributed by atoms with Crippen LogP contribution in [0.15, 0.2) is 4.99 Å². The molecule has 1 heterocycles. The standard InChI is InChI=1S/C12H26N4/c1-3-6-14-12(13)15-7-10-16-8-4-11(2)5-9-16/h11H,3-10H2,1-2H3,(H3,13,14,15). The summed E-state index contributed by atoms with van der Waals surface area (Å²) in [6.45, 7) is 9.71. The van der Waals surface area contributed by atoms with Gasteiger partial charge in [-0.1, -0.05) is 13.8 Å². The number of aliphatic imine (C=N–C) groups is 1. The van der Waals surface area contributed by atoms with Gasteiger partial charge in [0.05, 0.1) is 0 Å². The molecule has 0 bridgehead atoms.